The minimum atomic E-state index is -1.24. The zero-order chi connectivity index (χ0) is 15.3. The van der Waals surface area contributed by atoms with E-state index in [9.17, 15) is 19.8 Å². The van der Waals surface area contributed by atoms with E-state index >= 15 is 0 Å². The molecule has 108 valence electrons. The average molecular weight is 281 g/mol. The number of likely N-dealkylation sites (N-methyl/N-ethyl adjacent to an activating group) is 1. The Balaban J connectivity index is 2.69. The normalized spacial score (nSPS) is 12.3. The number of rotatable bonds is 5. The van der Waals surface area contributed by atoms with Crippen molar-refractivity contribution in [3.8, 4) is 11.5 Å². The number of carboxylic acids is 1. The van der Waals surface area contributed by atoms with E-state index in [4.69, 9.17) is 10.2 Å². The Morgan fingerprint density at radius 3 is 2.45 bits per heavy atom. The van der Waals surface area contributed by atoms with Crippen molar-refractivity contribution in [3.05, 3.63) is 35.9 Å². The molecule has 20 heavy (non-hydrogen) atoms. The van der Waals surface area contributed by atoms with Crippen LogP contribution in [-0.4, -0.2) is 50.8 Å². The molecule has 0 aliphatic carbocycles. The van der Waals surface area contributed by atoms with Gasteiger partial charge in [-0.05, 0) is 17.7 Å². The smallest absolute Gasteiger partial charge is 0.328 e. The summed E-state index contributed by atoms with van der Waals surface area (Å²) in [4.78, 5) is 22.9. The van der Waals surface area contributed by atoms with E-state index in [1.165, 1.54) is 25.2 Å². The second-order valence-electron chi connectivity index (χ2n) is 4.15. The third-order valence-electron chi connectivity index (χ3n) is 2.58. The molecule has 0 saturated heterocycles. The Labute approximate surface area is 115 Å². The molecule has 7 nitrogen and oxygen atoms in total. The van der Waals surface area contributed by atoms with Crippen LogP contribution in [0.15, 0.2) is 30.4 Å². The van der Waals surface area contributed by atoms with Crippen LogP contribution in [0.25, 0.3) is 0 Å². The number of aliphatic carboxylic acids is 1. The molecule has 1 aromatic carbocycles. The zero-order valence-corrected chi connectivity index (χ0v) is 10.7. The second-order valence-corrected chi connectivity index (χ2v) is 4.15. The SMILES string of the molecule is CN(CC(O)c1ccc(O)c(O)c1)C(=O)/C=C\C(=O)O. The Kier molecular flexibility index (Phi) is 5.10. The largest absolute Gasteiger partial charge is 0.504 e. The molecule has 0 bridgehead atoms. The van der Waals surface area contributed by atoms with Crippen molar-refractivity contribution < 1.29 is 30.0 Å². The van der Waals surface area contributed by atoms with Crippen LogP contribution in [0.1, 0.15) is 11.7 Å². The molecular weight excluding hydrogens is 266 g/mol. The first-order valence-corrected chi connectivity index (χ1v) is 5.67. The van der Waals surface area contributed by atoms with Gasteiger partial charge in [0.25, 0.3) is 0 Å². The lowest BCUT2D eigenvalue weighted by molar-refractivity contribution is -0.132. The van der Waals surface area contributed by atoms with Gasteiger partial charge in [0, 0.05) is 19.2 Å². The van der Waals surface area contributed by atoms with E-state index in [1.807, 2.05) is 0 Å². The van der Waals surface area contributed by atoms with Crippen molar-refractivity contribution in [2.75, 3.05) is 13.6 Å². The number of aliphatic hydroxyl groups excluding tert-OH is 1. The number of hydrogen-bond acceptors (Lipinski definition) is 5. The minimum Gasteiger partial charge on any atom is -0.504 e. The molecule has 1 amide bonds. The number of aliphatic hydroxyl groups is 1. The van der Waals surface area contributed by atoms with Crippen molar-refractivity contribution >= 4 is 11.9 Å². The lowest BCUT2D eigenvalue weighted by atomic mass is 10.1. The molecule has 1 aromatic rings. The zero-order valence-electron chi connectivity index (χ0n) is 10.7. The van der Waals surface area contributed by atoms with Gasteiger partial charge in [0.2, 0.25) is 5.91 Å². The van der Waals surface area contributed by atoms with Crippen molar-refractivity contribution in [2.24, 2.45) is 0 Å². The van der Waals surface area contributed by atoms with Crippen molar-refractivity contribution in [1.29, 1.82) is 0 Å². The summed E-state index contributed by atoms with van der Waals surface area (Å²) in [6, 6.07) is 3.82. The number of benzene rings is 1. The Morgan fingerprint density at radius 1 is 1.25 bits per heavy atom. The summed E-state index contributed by atoms with van der Waals surface area (Å²) in [5, 5.41) is 36.8. The third-order valence-corrected chi connectivity index (χ3v) is 2.58. The molecule has 0 radical (unpaired) electrons. The van der Waals surface area contributed by atoms with Gasteiger partial charge in [0.15, 0.2) is 11.5 Å². The van der Waals surface area contributed by atoms with Gasteiger partial charge in [-0.2, -0.15) is 0 Å². The van der Waals surface area contributed by atoms with E-state index in [0.29, 0.717) is 11.6 Å². The number of amides is 1. The third kappa shape index (κ3) is 4.29. The highest BCUT2D eigenvalue weighted by atomic mass is 16.4. The molecule has 0 saturated carbocycles. The lowest BCUT2D eigenvalue weighted by Crippen LogP contribution is -2.29. The van der Waals surface area contributed by atoms with Crippen molar-refractivity contribution in [3.63, 3.8) is 0 Å². The maximum absolute atomic E-state index is 11.5. The molecule has 0 aliphatic rings. The fraction of sp³-hybridized carbons (Fsp3) is 0.231. The van der Waals surface area contributed by atoms with Crippen LogP contribution in [-0.2, 0) is 9.59 Å². The van der Waals surface area contributed by atoms with E-state index < -0.39 is 18.0 Å². The first-order chi connectivity index (χ1) is 9.31. The molecule has 1 unspecified atom stereocenters. The standard InChI is InChI=1S/C13H15NO6/c1-14(12(18)4-5-13(19)20)7-11(17)8-2-3-9(15)10(16)6-8/h2-6,11,15-17H,7H2,1H3,(H,19,20)/b5-4-. The molecule has 1 rings (SSSR count). The second kappa shape index (κ2) is 6.58. The summed E-state index contributed by atoms with van der Waals surface area (Å²) >= 11 is 0. The summed E-state index contributed by atoms with van der Waals surface area (Å²) in [5.74, 6) is -2.50. The quantitative estimate of drug-likeness (QED) is 0.453. The maximum atomic E-state index is 11.5. The highest BCUT2D eigenvalue weighted by Gasteiger charge is 2.15. The van der Waals surface area contributed by atoms with Crippen LogP contribution in [0, 0.1) is 0 Å². The van der Waals surface area contributed by atoms with Crippen LogP contribution in [0.5, 0.6) is 11.5 Å². The van der Waals surface area contributed by atoms with Crippen molar-refractivity contribution in [2.45, 2.75) is 6.10 Å². The molecule has 7 heteroatoms. The molecule has 0 fully saturated rings. The Morgan fingerprint density at radius 2 is 1.90 bits per heavy atom. The van der Waals surface area contributed by atoms with Gasteiger partial charge in [0.05, 0.1) is 12.6 Å². The number of hydrogen-bond donors (Lipinski definition) is 4. The summed E-state index contributed by atoms with van der Waals surface area (Å²) in [6.07, 6.45) is 0.509. The highest BCUT2D eigenvalue weighted by Crippen LogP contribution is 2.27. The monoisotopic (exact) mass is 281 g/mol. The summed E-state index contributed by atoms with van der Waals surface area (Å²) in [5.41, 5.74) is 0.321. The predicted octanol–water partition coefficient (Wildman–Crippen LogP) is 0.230. The van der Waals surface area contributed by atoms with E-state index in [2.05, 4.69) is 0 Å². The first kappa shape index (κ1) is 15.5. The van der Waals surface area contributed by atoms with Crippen LogP contribution in [0.4, 0.5) is 0 Å². The van der Waals surface area contributed by atoms with Crippen LogP contribution >= 0.6 is 0 Å². The predicted molar refractivity (Wildman–Crippen MR) is 69.1 cm³/mol. The average Bonchev–Trinajstić information content (AvgIpc) is 2.38. The number of carboxylic acid groups (broad SMARTS) is 1. The van der Waals surface area contributed by atoms with Gasteiger partial charge >= 0.3 is 5.97 Å². The van der Waals surface area contributed by atoms with Gasteiger partial charge in [-0.25, -0.2) is 4.79 Å². The summed E-state index contributed by atoms with van der Waals surface area (Å²) in [7, 11) is 1.40. The topological polar surface area (TPSA) is 118 Å². The van der Waals surface area contributed by atoms with Crippen LogP contribution < -0.4 is 0 Å². The summed E-state index contributed by atoms with van der Waals surface area (Å²) < 4.78 is 0. The number of nitrogens with zero attached hydrogens (tertiary/aromatic N) is 1. The number of aromatic hydroxyl groups is 2. The fourth-order valence-corrected chi connectivity index (χ4v) is 1.47. The highest BCUT2D eigenvalue weighted by molar-refractivity contribution is 5.93. The van der Waals surface area contributed by atoms with E-state index in [0.717, 1.165) is 11.0 Å². The molecule has 0 spiro atoms. The number of carbonyl (C=O) groups is 2. The molecule has 1 atom stereocenters. The fourth-order valence-electron chi connectivity index (χ4n) is 1.47. The van der Waals surface area contributed by atoms with Gasteiger partial charge < -0.3 is 25.3 Å². The molecular formula is C13H15NO6. The Hall–Kier alpha value is -2.54. The van der Waals surface area contributed by atoms with Crippen molar-refractivity contribution in [1.82, 2.24) is 4.90 Å². The van der Waals surface area contributed by atoms with E-state index in [1.54, 1.807) is 0 Å². The Bertz CT molecular complexity index is 540. The number of carbonyl (C=O) groups excluding carboxylic acids is 1. The van der Waals surface area contributed by atoms with Crippen LogP contribution in [0.3, 0.4) is 0 Å². The van der Waals surface area contributed by atoms with Gasteiger partial charge in [-0.15, -0.1) is 0 Å². The number of phenols is 2. The molecule has 0 heterocycles. The number of phenolic OH excluding ortho intramolecular Hbond substituents is 2. The lowest BCUT2D eigenvalue weighted by Gasteiger charge is -2.20. The first-order valence-electron chi connectivity index (χ1n) is 5.67. The molecule has 0 aromatic heterocycles. The molecule has 0 aliphatic heterocycles. The molecule has 4 N–H and O–H groups in total. The van der Waals surface area contributed by atoms with Crippen LogP contribution in [0.2, 0.25) is 0 Å². The van der Waals surface area contributed by atoms with Gasteiger partial charge in [-0.1, -0.05) is 6.07 Å². The van der Waals surface area contributed by atoms with Gasteiger partial charge in [0.1, 0.15) is 0 Å². The van der Waals surface area contributed by atoms with E-state index in [-0.39, 0.29) is 18.0 Å². The minimum absolute atomic E-state index is 0.0903. The maximum Gasteiger partial charge on any atom is 0.328 e. The summed E-state index contributed by atoms with van der Waals surface area (Å²) in [6.45, 7) is -0.0903. The van der Waals surface area contributed by atoms with Gasteiger partial charge in [-0.3, -0.25) is 4.79 Å².